The van der Waals surface area contributed by atoms with Crippen LogP contribution in [0.4, 0.5) is 0 Å². The Balaban J connectivity index is 2.23. The molecule has 4 nitrogen and oxygen atoms in total. The molecule has 2 rings (SSSR count). The van der Waals surface area contributed by atoms with E-state index in [9.17, 15) is 4.79 Å². The van der Waals surface area contributed by atoms with Crippen molar-refractivity contribution in [2.75, 3.05) is 0 Å². The summed E-state index contributed by atoms with van der Waals surface area (Å²) in [5.41, 5.74) is 0.261. The number of nitrogens with zero attached hydrogens (tertiary/aromatic N) is 2. The van der Waals surface area contributed by atoms with Gasteiger partial charge in [-0.25, -0.2) is 9.48 Å². The summed E-state index contributed by atoms with van der Waals surface area (Å²) >= 11 is 11.6. The van der Waals surface area contributed by atoms with Crippen molar-refractivity contribution < 1.29 is 9.53 Å². The summed E-state index contributed by atoms with van der Waals surface area (Å²) < 4.78 is 6.57. The van der Waals surface area contributed by atoms with E-state index in [1.807, 2.05) is 0 Å². The molecule has 88 valence electrons. The first-order valence-electron chi connectivity index (χ1n) is 4.73. The maximum absolute atomic E-state index is 11.8. The lowest BCUT2D eigenvalue weighted by Gasteiger charge is -2.05. The normalized spacial score (nSPS) is 10.3. The molecule has 0 fully saturated rings. The van der Waals surface area contributed by atoms with Crippen LogP contribution in [0, 0.1) is 0 Å². The van der Waals surface area contributed by atoms with E-state index < -0.39 is 5.97 Å². The minimum Gasteiger partial charge on any atom is -0.404 e. The number of halogens is 2. The van der Waals surface area contributed by atoms with E-state index in [-0.39, 0.29) is 10.6 Å². The summed E-state index contributed by atoms with van der Waals surface area (Å²) in [7, 11) is 1.67. The van der Waals surface area contributed by atoms with Crippen molar-refractivity contribution in [1.29, 1.82) is 0 Å². The maximum atomic E-state index is 11.8. The van der Waals surface area contributed by atoms with E-state index in [1.54, 1.807) is 19.2 Å². The molecule has 0 atom stereocenters. The fourth-order valence-electron chi connectivity index (χ4n) is 1.27. The van der Waals surface area contributed by atoms with Gasteiger partial charge in [-0.05, 0) is 18.2 Å². The Bertz CT molecular complexity index is 566. The van der Waals surface area contributed by atoms with Crippen LogP contribution in [0.5, 0.6) is 5.88 Å². The van der Waals surface area contributed by atoms with Gasteiger partial charge in [0, 0.05) is 18.1 Å². The molecule has 0 radical (unpaired) electrons. The SMILES string of the molecule is Cn1nccc1OC(=O)c1ccc(Cl)cc1Cl. The van der Waals surface area contributed by atoms with Crippen molar-refractivity contribution in [3.8, 4) is 5.88 Å². The highest BCUT2D eigenvalue weighted by Crippen LogP contribution is 2.22. The highest BCUT2D eigenvalue weighted by atomic mass is 35.5. The smallest absolute Gasteiger partial charge is 0.346 e. The van der Waals surface area contributed by atoms with Crippen LogP contribution in [-0.2, 0) is 7.05 Å². The average molecular weight is 271 g/mol. The van der Waals surface area contributed by atoms with Gasteiger partial charge in [-0.3, -0.25) is 0 Å². The van der Waals surface area contributed by atoms with Crippen LogP contribution in [0.1, 0.15) is 10.4 Å². The van der Waals surface area contributed by atoms with Gasteiger partial charge in [-0.15, -0.1) is 0 Å². The van der Waals surface area contributed by atoms with Gasteiger partial charge in [0.1, 0.15) is 0 Å². The first-order chi connectivity index (χ1) is 8.08. The minimum atomic E-state index is -0.546. The Labute approximate surface area is 108 Å². The molecule has 0 N–H and O–H groups in total. The lowest BCUT2D eigenvalue weighted by Crippen LogP contribution is -2.11. The monoisotopic (exact) mass is 270 g/mol. The van der Waals surface area contributed by atoms with Crippen LogP contribution in [0.3, 0.4) is 0 Å². The molecule has 2 aromatic rings. The number of aromatic nitrogens is 2. The lowest BCUT2D eigenvalue weighted by atomic mass is 10.2. The number of benzene rings is 1. The quantitative estimate of drug-likeness (QED) is 0.789. The second kappa shape index (κ2) is 4.77. The van der Waals surface area contributed by atoms with E-state index in [1.165, 1.54) is 23.0 Å². The van der Waals surface area contributed by atoms with E-state index in [2.05, 4.69) is 5.10 Å². The van der Waals surface area contributed by atoms with Crippen molar-refractivity contribution in [2.24, 2.45) is 7.05 Å². The standard InChI is InChI=1S/C11H8Cl2N2O2/c1-15-10(4-5-14-15)17-11(16)8-3-2-7(12)6-9(8)13/h2-6H,1H3. The fraction of sp³-hybridized carbons (Fsp3) is 0.0909. The van der Waals surface area contributed by atoms with Crippen LogP contribution < -0.4 is 4.74 Å². The number of hydrogen-bond donors (Lipinski definition) is 0. The molecule has 0 aliphatic heterocycles. The van der Waals surface area contributed by atoms with Gasteiger partial charge in [-0.1, -0.05) is 23.2 Å². The molecule has 0 amide bonds. The minimum absolute atomic E-state index is 0.254. The van der Waals surface area contributed by atoms with Crippen molar-refractivity contribution in [1.82, 2.24) is 9.78 Å². The molecular formula is C11H8Cl2N2O2. The molecular weight excluding hydrogens is 263 g/mol. The summed E-state index contributed by atoms with van der Waals surface area (Å²) in [5.74, 6) is -0.198. The third kappa shape index (κ3) is 2.60. The highest BCUT2D eigenvalue weighted by molar-refractivity contribution is 6.36. The van der Waals surface area contributed by atoms with Gasteiger partial charge in [0.15, 0.2) is 0 Å². The Morgan fingerprint density at radius 3 is 2.71 bits per heavy atom. The van der Waals surface area contributed by atoms with Gasteiger partial charge in [0.05, 0.1) is 16.8 Å². The molecule has 0 saturated carbocycles. The third-order valence-corrected chi connectivity index (χ3v) is 2.67. The van der Waals surface area contributed by atoms with Crippen LogP contribution in [0.15, 0.2) is 30.5 Å². The number of ether oxygens (including phenoxy) is 1. The lowest BCUT2D eigenvalue weighted by molar-refractivity contribution is 0.0720. The second-order valence-electron chi connectivity index (χ2n) is 3.31. The van der Waals surface area contributed by atoms with Crippen LogP contribution in [0.25, 0.3) is 0 Å². The molecule has 0 spiro atoms. The molecule has 0 saturated heterocycles. The molecule has 17 heavy (non-hydrogen) atoms. The Morgan fingerprint density at radius 2 is 2.12 bits per heavy atom. The zero-order valence-corrected chi connectivity index (χ0v) is 10.4. The second-order valence-corrected chi connectivity index (χ2v) is 4.15. The largest absolute Gasteiger partial charge is 0.404 e. The van der Waals surface area contributed by atoms with Crippen LogP contribution in [-0.4, -0.2) is 15.7 Å². The number of hydrogen-bond acceptors (Lipinski definition) is 3. The molecule has 0 aliphatic carbocycles. The first-order valence-corrected chi connectivity index (χ1v) is 5.49. The van der Waals surface area contributed by atoms with E-state index in [4.69, 9.17) is 27.9 Å². The third-order valence-electron chi connectivity index (χ3n) is 2.12. The van der Waals surface area contributed by atoms with Crippen LogP contribution in [0.2, 0.25) is 10.0 Å². The number of rotatable bonds is 2. The highest BCUT2D eigenvalue weighted by Gasteiger charge is 2.14. The van der Waals surface area contributed by atoms with Gasteiger partial charge < -0.3 is 4.74 Å². The molecule has 0 unspecified atom stereocenters. The molecule has 1 aromatic heterocycles. The zero-order valence-electron chi connectivity index (χ0n) is 8.85. The van der Waals surface area contributed by atoms with Gasteiger partial charge >= 0.3 is 5.97 Å². The molecule has 1 heterocycles. The zero-order chi connectivity index (χ0) is 12.4. The first kappa shape index (κ1) is 12.0. The molecule has 6 heteroatoms. The van der Waals surface area contributed by atoms with Gasteiger partial charge in [0.25, 0.3) is 0 Å². The fourth-order valence-corrected chi connectivity index (χ4v) is 1.75. The average Bonchev–Trinajstić information content (AvgIpc) is 2.64. The summed E-state index contributed by atoms with van der Waals surface area (Å²) in [4.78, 5) is 11.8. The summed E-state index contributed by atoms with van der Waals surface area (Å²) in [5, 5.41) is 4.60. The van der Waals surface area contributed by atoms with Crippen molar-refractivity contribution in [3.05, 3.63) is 46.1 Å². The Kier molecular flexibility index (Phi) is 3.36. The Morgan fingerprint density at radius 1 is 1.35 bits per heavy atom. The maximum Gasteiger partial charge on any atom is 0.346 e. The van der Waals surface area contributed by atoms with Crippen molar-refractivity contribution in [3.63, 3.8) is 0 Å². The van der Waals surface area contributed by atoms with Crippen molar-refractivity contribution in [2.45, 2.75) is 0 Å². The molecule has 0 bridgehead atoms. The van der Waals surface area contributed by atoms with Gasteiger partial charge in [0.2, 0.25) is 5.88 Å². The molecule has 0 aliphatic rings. The molecule has 1 aromatic carbocycles. The predicted molar refractivity (Wildman–Crippen MR) is 64.6 cm³/mol. The topological polar surface area (TPSA) is 44.1 Å². The van der Waals surface area contributed by atoms with Crippen LogP contribution >= 0.6 is 23.2 Å². The summed E-state index contributed by atoms with van der Waals surface area (Å²) in [6, 6.07) is 6.17. The van der Waals surface area contributed by atoms with Gasteiger partial charge in [-0.2, -0.15) is 5.10 Å². The van der Waals surface area contributed by atoms with E-state index in [0.717, 1.165) is 0 Å². The van der Waals surface area contributed by atoms with Crippen molar-refractivity contribution >= 4 is 29.2 Å². The summed E-state index contributed by atoms with van der Waals surface area (Å²) in [6.07, 6.45) is 1.53. The number of aryl methyl sites for hydroxylation is 1. The Hall–Kier alpha value is -1.52. The number of carbonyl (C=O) groups excluding carboxylic acids is 1. The predicted octanol–water partition coefficient (Wildman–Crippen LogP) is 2.95. The summed E-state index contributed by atoms with van der Waals surface area (Å²) in [6.45, 7) is 0. The van der Waals surface area contributed by atoms with E-state index >= 15 is 0 Å². The van der Waals surface area contributed by atoms with E-state index in [0.29, 0.717) is 10.9 Å². The number of esters is 1. The number of carbonyl (C=O) groups is 1.